The van der Waals surface area contributed by atoms with Crippen molar-refractivity contribution in [2.75, 3.05) is 12.4 Å². The number of nitriles is 1. The molecule has 0 aliphatic rings. The van der Waals surface area contributed by atoms with Crippen LogP contribution < -0.4 is 10.1 Å². The highest BCUT2D eigenvalue weighted by Crippen LogP contribution is 2.23. The second-order valence-corrected chi connectivity index (χ2v) is 5.43. The van der Waals surface area contributed by atoms with E-state index in [4.69, 9.17) is 27.9 Å². The highest BCUT2D eigenvalue weighted by Gasteiger charge is 2.10. The first-order valence-electron chi connectivity index (χ1n) is 6.55. The number of nitrogens with zero attached hydrogens (tertiary/aromatic N) is 1. The van der Waals surface area contributed by atoms with E-state index in [1.165, 1.54) is 6.08 Å². The topological polar surface area (TPSA) is 62.1 Å². The second kappa shape index (κ2) is 7.68. The molecule has 0 unspecified atom stereocenters. The highest BCUT2D eigenvalue weighted by molar-refractivity contribution is 6.35. The lowest BCUT2D eigenvalue weighted by Gasteiger charge is -2.06. The molecule has 116 valence electrons. The highest BCUT2D eigenvalue weighted by atomic mass is 35.5. The maximum absolute atomic E-state index is 12.2. The van der Waals surface area contributed by atoms with E-state index in [0.717, 1.165) is 0 Å². The molecule has 23 heavy (non-hydrogen) atoms. The lowest BCUT2D eigenvalue weighted by Crippen LogP contribution is -2.13. The average Bonchev–Trinajstić information content (AvgIpc) is 2.51. The van der Waals surface area contributed by atoms with Crippen LogP contribution in [-0.4, -0.2) is 13.0 Å². The van der Waals surface area contributed by atoms with Crippen molar-refractivity contribution < 1.29 is 9.53 Å². The molecule has 0 aliphatic heterocycles. The molecule has 0 aliphatic carbocycles. The maximum atomic E-state index is 12.2. The zero-order valence-corrected chi connectivity index (χ0v) is 13.7. The van der Waals surface area contributed by atoms with Gasteiger partial charge in [-0.3, -0.25) is 4.79 Å². The van der Waals surface area contributed by atoms with Gasteiger partial charge in [-0.05, 0) is 42.0 Å². The predicted octanol–water partition coefficient (Wildman–Crippen LogP) is 4.55. The van der Waals surface area contributed by atoms with Gasteiger partial charge in [0.2, 0.25) is 0 Å². The fourth-order valence-corrected chi connectivity index (χ4v) is 2.40. The third-order valence-corrected chi connectivity index (χ3v) is 3.33. The van der Waals surface area contributed by atoms with Crippen LogP contribution >= 0.6 is 23.2 Å². The molecule has 1 amide bonds. The van der Waals surface area contributed by atoms with E-state index in [1.807, 2.05) is 6.07 Å². The number of halogens is 2. The molecule has 4 nitrogen and oxygen atoms in total. The minimum atomic E-state index is -0.548. The fraction of sp³-hybridized carbons (Fsp3) is 0.0588. The molecule has 0 bridgehead atoms. The summed E-state index contributed by atoms with van der Waals surface area (Å²) in [6.07, 6.45) is 1.48. The van der Waals surface area contributed by atoms with Crippen LogP contribution in [-0.2, 0) is 4.79 Å². The van der Waals surface area contributed by atoms with E-state index in [9.17, 15) is 10.1 Å². The summed E-state index contributed by atoms with van der Waals surface area (Å²) in [5, 5.41) is 12.6. The number of amides is 1. The lowest BCUT2D eigenvalue weighted by atomic mass is 10.1. The fourth-order valence-electron chi connectivity index (χ4n) is 1.87. The summed E-state index contributed by atoms with van der Waals surface area (Å²) in [5.41, 5.74) is 1.05. The van der Waals surface area contributed by atoms with Crippen molar-refractivity contribution in [3.05, 3.63) is 63.6 Å². The van der Waals surface area contributed by atoms with Gasteiger partial charge in [0.15, 0.2) is 0 Å². The van der Waals surface area contributed by atoms with Crippen LogP contribution in [0.4, 0.5) is 5.69 Å². The number of hydrogen-bond acceptors (Lipinski definition) is 3. The molecule has 2 rings (SSSR count). The van der Waals surface area contributed by atoms with Gasteiger partial charge in [-0.2, -0.15) is 5.26 Å². The molecule has 0 atom stereocenters. The normalized spacial score (nSPS) is 10.8. The second-order valence-electron chi connectivity index (χ2n) is 4.56. The van der Waals surface area contributed by atoms with Crippen molar-refractivity contribution >= 4 is 40.9 Å². The van der Waals surface area contributed by atoms with Crippen LogP contribution in [0.5, 0.6) is 5.75 Å². The van der Waals surface area contributed by atoms with Gasteiger partial charge in [-0.15, -0.1) is 0 Å². The number of methoxy groups -OCH3 is 1. The molecule has 0 saturated heterocycles. The Labute approximate surface area is 143 Å². The van der Waals surface area contributed by atoms with Crippen LogP contribution in [0, 0.1) is 11.3 Å². The molecular formula is C17H12Cl2N2O2. The molecule has 0 aromatic heterocycles. The lowest BCUT2D eigenvalue weighted by molar-refractivity contribution is -0.112. The summed E-state index contributed by atoms with van der Waals surface area (Å²) in [4.78, 5) is 12.2. The Balaban J connectivity index is 2.24. The predicted molar refractivity (Wildman–Crippen MR) is 91.7 cm³/mol. The summed E-state index contributed by atoms with van der Waals surface area (Å²) >= 11 is 11.8. The van der Waals surface area contributed by atoms with Crippen molar-refractivity contribution in [3.8, 4) is 11.8 Å². The Morgan fingerprint density at radius 3 is 2.52 bits per heavy atom. The number of nitrogens with one attached hydrogen (secondary N) is 1. The standard InChI is InChI=1S/C17H12Cl2N2O2/c1-23-16-4-2-3-11(6-16)5-12(10-20)17(22)21-15-8-13(18)7-14(19)9-15/h2-9H,1H3,(H,21,22). The molecule has 1 N–H and O–H groups in total. The van der Waals surface area contributed by atoms with Crippen molar-refractivity contribution in [2.45, 2.75) is 0 Å². The minimum absolute atomic E-state index is 0.0469. The van der Waals surface area contributed by atoms with Crippen molar-refractivity contribution in [1.29, 1.82) is 5.26 Å². The van der Waals surface area contributed by atoms with Crippen molar-refractivity contribution in [3.63, 3.8) is 0 Å². The van der Waals surface area contributed by atoms with Gasteiger partial charge in [0.05, 0.1) is 7.11 Å². The van der Waals surface area contributed by atoms with Crippen molar-refractivity contribution in [2.24, 2.45) is 0 Å². The summed E-state index contributed by atoms with van der Waals surface area (Å²) in [7, 11) is 1.55. The van der Waals surface area contributed by atoms with Crippen LogP contribution in [0.15, 0.2) is 48.0 Å². The zero-order chi connectivity index (χ0) is 16.8. The SMILES string of the molecule is COc1cccc(C=C(C#N)C(=O)Nc2cc(Cl)cc(Cl)c2)c1. The number of carbonyl (C=O) groups is 1. The first-order valence-corrected chi connectivity index (χ1v) is 7.30. The number of anilines is 1. The summed E-state index contributed by atoms with van der Waals surface area (Å²) in [5.74, 6) is 0.0896. The van der Waals surface area contributed by atoms with Crippen LogP contribution in [0.3, 0.4) is 0 Å². The average molecular weight is 347 g/mol. The Morgan fingerprint density at radius 1 is 1.22 bits per heavy atom. The monoisotopic (exact) mass is 346 g/mol. The van der Waals surface area contributed by atoms with E-state index in [2.05, 4.69) is 5.32 Å². The number of hydrogen-bond donors (Lipinski definition) is 1. The van der Waals surface area contributed by atoms with Gasteiger partial charge in [0.25, 0.3) is 5.91 Å². The largest absolute Gasteiger partial charge is 0.497 e. The minimum Gasteiger partial charge on any atom is -0.497 e. The number of carbonyl (C=O) groups excluding carboxylic acids is 1. The molecule has 2 aromatic rings. The van der Waals surface area contributed by atoms with Gasteiger partial charge in [0, 0.05) is 15.7 Å². The third kappa shape index (κ3) is 4.75. The van der Waals surface area contributed by atoms with E-state index >= 15 is 0 Å². The van der Waals surface area contributed by atoms with Crippen LogP contribution in [0.2, 0.25) is 10.0 Å². The quantitative estimate of drug-likeness (QED) is 0.652. The van der Waals surface area contributed by atoms with E-state index in [1.54, 1.807) is 49.6 Å². The Kier molecular flexibility index (Phi) is 5.64. The smallest absolute Gasteiger partial charge is 0.266 e. The molecule has 0 saturated carbocycles. The summed E-state index contributed by atoms with van der Waals surface area (Å²) < 4.78 is 5.11. The summed E-state index contributed by atoms with van der Waals surface area (Å²) in [6.45, 7) is 0. The van der Waals surface area contributed by atoms with Gasteiger partial charge >= 0.3 is 0 Å². The zero-order valence-electron chi connectivity index (χ0n) is 12.1. The number of rotatable bonds is 4. The van der Waals surface area contributed by atoms with Gasteiger partial charge in [-0.25, -0.2) is 0 Å². The van der Waals surface area contributed by atoms with Gasteiger partial charge in [-0.1, -0.05) is 35.3 Å². The Bertz CT molecular complexity index is 790. The molecule has 0 fully saturated rings. The first-order chi connectivity index (χ1) is 11.0. The maximum Gasteiger partial charge on any atom is 0.266 e. The Morgan fingerprint density at radius 2 is 1.91 bits per heavy atom. The molecule has 0 spiro atoms. The molecule has 2 aromatic carbocycles. The third-order valence-electron chi connectivity index (χ3n) is 2.89. The Hall–Kier alpha value is -2.48. The number of ether oxygens (including phenoxy) is 1. The van der Waals surface area contributed by atoms with E-state index < -0.39 is 5.91 Å². The molecule has 6 heteroatoms. The van der Waals surface area contributed by atoms with E-state index in [-0.39, 0.29) is 5.57 Å². The van der Waals surface area contributed by atoms with Crippen LogP contribution in [0.25, 0.3) is 6.08 Å². The van der Waals surface area contributed by atoms with Crippen molar-refractivity contribution in [1.82, 2.24) is 0 Å². The first kappa shape index (κ1) is 16.9. The molecule has 0 heterocycles. The molecular weight excluding hydrogens is 335 g/mol. The van der Waals surface area contributed by atoms with Crippen LogP contribution in [0.1, 0.15) is 5.56 Å². The van der Waals surface area contributed by atoms with E-state index in [0.29, 0.717) is 27.0 Å². The molecule has 0 radical (unpaired) electrons. The van der Waals surface area contributed by atoms with Gasteiger partial charge < -0.3 is 10.1 Å². The summed E-state index contributed by atoms with van der Waals surface area (Å²) in [6, 6.07) is 13.6. The van der Waals surface area contributed by atoms with Gasteiger partial charge in [0.1, 0.15) is 17.4 Å². The number of benzene rings is 2.